The van der Waals surface area contributed by atoms with Gasteiger partial charge in [-0.3, -0.25) is 4.90 Å². The summed E-state index contributed by atoms with van der Waals surface area (Å²) in [5, 5.41) is 7.72. The van der Waals surface area contributed by atoms with Crippen molar-refractivity contribution in [2.24, 2.45) is 0 Å². The van der Waals surface area contributed by atoms with Crippen LogP contribution in [0.25, 0.3) is 0 Å². The van der Waals surface area contributed by atoms with Crippen LogP contribution in [-0.2, 0) is 11.3 Å². The zero-order valence-electron chi connectivity index (χ0n) is 11.0. The topological polar surface area (TPSA) is 56.3 Å². The largest absolute Gasteiger partial charge is 0.465 e. The molecule has 6 heteroatoms. The van der Waals surface area contributed by atoms with E-state index in [-0.39, 0.29) is 6.04 Å². The standard InChI is InChI=1S/C13H18N4O2/c1-11-2-3-13(19-11)12(8-16-9-14-15-10-16)17-4-6-18-7-5-17/h2-3,9-10,12H,4-8H2,1H3. The van der Waals surface area contributed by atoms with Crippen molar-refractivity contribution in [3.05, 3.63) is 36.3 Å². The molecule has 3 rings (SSSR count). The maximum Gasteiger partial charge on any atom is 0.123 e. The molecule has 6 nitrogen and oxygen atoms in total. The molecule has 19 heavy (non-hydrogen) atoms. The van der Waals surface area contributed by atoms with Gasteiger partial charge in [0.15, 0.2) is 0 Å². The zero-order valence-corrected chi connectivity index (χ0v) is 11.0. The number of hydrogen-bond acceptors (Lipinski definition) is 5. The van der Waals surface area contributed by atoms with Crippen molar-refractivity contribution in [3.63, 3.8) is 0 Å². The van der Waals surface area contributed by atoms with Crippen LogP contribution in [0.4, 0.5) is 0 Å². The lowest BCUT2D eigenvalue weighted by Crippen LogP contribution is -2.40. The molecule has 0 aromatic carbocycles. The summed E-state index contributed by atoms with van der Waals surface area (Å²) >= 11 is 0. The van der Waals surface area contributed by atoms with E-state index in [0.717, 1.165) is 44.4 Å². The van der Waals surface area contributed by atoms with Crippen LogP contribution in [0.3, 0.4) is 0 Å². The quantitative estimate of drug-likeness (QED) is 0.830. The Balaban J connectivity index is 1.81. The van der Waals surface area contributed by atoms with Crippen molar-refractivity contribution in [2.75, 3.05) is 26.3 Å². The summed E-state index contributed by atoms with van der Waals surface area (Å²) in [4.78, 5) is 2.39. The van der Waals surface area contributed by atoms with Crippen LogP contribution in [0.15, 0.2) is 29.2 Å². The molecule has 0 bridgehead atoms. The van der Waals surface area contributed by atoms with Crippen LogP contribution in [-0.4, -0.2) is 46.0 Å². The molecular weight excluding hydrogens is 244 g/mol. The average molecular weight is 262 g/mol. The minimum absolute atomic E-state index is 0.202. The maximum atomic E-state index is 5.81. The van der Waals surface area contributed by atoms with Crippen LogP contribution in [0.1, 0.15) is 17.6 Å². The second-order valence-corrected chi connectivity index (χ2v) is 4.77. The van der Waals surface area contributed by atoms with Crippen molar-refractivity contribution in [1.82, 2.24) is 19.7 Å². The molecule has 1 fully saturated rings. The molecule has 1 atom stereocenters. The highest BCUT2D eigenvalue weighted by molar-refractivity contribution is 5.10. The second-order valence-electron chi connectivity index (χ2n) is 4.77. The van der Waals surface area contributed by atoms with E-state index in [1.165, 1.54) is 0 Å². The van der Waals surface area contributed by atoms with E-state index in [9.17, 15) is 0 Å². The Bertz CT molecular complexity index is 502. The highest BCUT2D eigenvalue weighted by atomic mass is 16.5. The number of hydrogen-bond donors (Lipinski definition) is 0. The van der Waals surface area contributed by atoms with Crippen molar-refractivity contribution in [1.29, 1.82) is 0 Å². The first kappa shape index (κ1) is 12.4. The smallest absolute Gasteiger partial charge is 0.123 e. The Kier molecular flexibility index (Phi) is 3.61. The zero-order chi connectivity index (χ0) is 13.1. The van der Waals surface area contributed by atoms with Gasteiger partial charge in [-0.1, -0.05) is 0 Å². The summed E-state index contributed by atoms with van der Waals surface area (Å²) in [6, 6.07) is 4.27. The molecule has 1 aliphatic rings. The monoisotopic (exact) mass is 262 g/mol. The van der Waals surface area contributed by atoms with Crippen LogP contribution in [0.5, 0.6) is 0 Å². The van der Waals surface area contributed by atoms with Gasteiger partial charge >= 0.3 is 0 Å². The molecule has 1 unspecified atom stereocenters. The van der Waals surface area contributed by atoms with E-state index in [0.29, 0.717) is 0 Å². The molecule has 0 aliphatic carbocycles. The van der Waals surface area contributed by atoms with Gasteiger partial charge < -0.3 is 13.7 Å². The fraction of sp³-hybridized carbons (Fsp3) is 0.538. The maximum absolute atomic E-state index is 5.81. The third-order valence-electron chi connectivity index (χ3n) is 3.43. The van der Waals surface area contributed by atoms with E-state index in [4.69, 9.17) is 9.15 Å². The van der Waals surface area contributed by atoms with Gasteiger partial charge in [0.05, 0.1) is 19.3 Å². The van der Waals surface area contributed by atoms with Gasteiger partial charge in [0, 0.05) is 19.6 Å². The SMILES string of the molecule is Cc1ccc(C(Cn2cnnc2)N2CCOCC2)o1. The number of morpholine rings is 1. The highest BCUT2D eigenvalue weighted by Gasteiger charge is 2.25. The number of ether oxygens (including phenoxy) is 1. The first-order chi connectivity index (χ1) is 9.33. The van der Waals surface area contributed by atoms with E-state index in [2.05, 4.69) is 21.2 Å². The molecule has 0 spiro atoms. The number of aromatic nitrogens is 3. The summed E-state index contributed by atoms with van der Waals surface area (Å²) in [5.74, 6) is 1.94. The summed E-state index contributed by atoms with van der Waals surface area (Å²) in [5.41, 5.74) is 0. The predicted octanol–water partition coefficient (Wildman–Crippen LogP) is 1.25. The van der Waals surface area contributed by atoms with Crippen molar-refractivity contribution < 1.29 is 9.15 Å². The molecule has 1 aliphatic heterocycles. The summed E-state index contributed by atoms with van der Waals surface area (Å²) in [6.07, 6.45) is 3.48. The Labute approximate surface area is 112 Å². The summed E-state index contributed by atoms with van der Waals surface area (Å²) in [6.45, 7) is 6.16. The molecule has 0 amide bonds. The van der Waals surface area contributed by atoms with E-state index in [1.54, 1.807) is 12.7 Å². The highest BCUT2D eigenvalue weighted by Crippen LogP contribution is 2.25. The molecule has 0 N–H and O–H groups in total. The molecule has 2 aromatic rings. The van der Waals surface area contributed by atoms with Gasteiger partial charge in [0.1, 0.15) is 24.2 Å². The van der Waals surface area contributed by atoms with E-state index >= 15 is 0 Å². The molecule has 2 aromatic heterocycles. The Hall–Kier alpha value is -1.66. The van der Waals surface area contributed by atoms with Gasteiger partial charge in [0.2, 0.25) is 0 Å². The van der Waals surface area contributed by atoms with Crippen molar-refractivity contribution >= 4 is 0 Å². The number of nitrogens with zero attached hydrogens (tertiary/aromatic N) is 4. The van der Waals surface area contributed by atoms with Gasteiger partial charge in [0.25, 0.3) is 0 Å². The van der Waals surface area contributed by atoms with E-state index in [1.807, 2.05) is 17.6 Å². The van der Waals surface area contributed by atoms with Gasteiger partial charge in [-0.15, -0.1) is 10.2 Å². The lowest BCUT2D eigenvalue weighted by atomic mass is 10.1. The lowest BCUT2D eigenvalue weighted by Gasteiger charge is -2.33. The second kappa shape index (κ2) is 5.54. The van der Waals surface area contributed by atoms with Crippen LogP contribution < -0.4 is 0 Å². The van der Waals surface area contributed by atoms with Crippen molar-refractivity contribution in [3.8, 4) is 0 Å². The average Bonchev–Trinajstić information content (AvgIpc) is 3.08. The van der Waals surface area contributed by atoms with Crippen LogP contribution in [0.2, 0.25) is 0 Å². The first-order valence-corrected chi connectivity index (χ1v) is 6.53. The summed E-state index contributed by atoms with van der Waals surface area (Å²) < 4.78 is 13.2. The fourth-order valence-electron chi connectivity index (χ4n) is 2.42. The van der Waals surface area contributed by atoms with Gasteiger partial charge in [-0.25, -0.2) is 0 Å². The third kappa shape index (κ3) is 2.85. The number of furan rings is 1. The number of aryl methyl sites for hydroxylation is 1. The molecule has 102 valence electrons. The normalized spacial score (nSPS) is 18.6. The number of rotatable bonds is 4. The molecule has 3 heterocycles. The Morgan fingerprint density at radius 3 is 2.58 bits per heavy atom. The third-order valence-corrected chi connectivity index (χ3v) is 3.43. The fourth-order valence-corrected chi connectivity index (χ4v) is 2.42. The molecule has 0 saturated carbocycles. The molecule has 1 saturated heterocycles. The molecular formula is C13H18N4O2. The minimum Gasteiger partial charge on any atom is -0.465 e. The van der Waals surface area contributed by atoms with E-state index < -0.39 is 0 Å². The first-order valence-electron chi connectivity index (χ1n) is 6.53. The lowest BCUT2D eigenvalue weighted by molar-refractivity contribution is 0.00733. The Morgan fingerprint density at radius 2 is 1.95 bits per heavy atom. The van der Waals surface area contributed by atoms with Gasteiger partial charge in [-0.2, -0.15) is 0 Å². The van der Waals surface area contributed by atoms with Crippen LogP contribution >= 0.6 is 0 Å². The van der Waals surface area contributed by atoms with Crippen molar-refractivity contribution in [2.45, 2.75) is 19.5 Å². The minimum atomic E-state index is 0.202. The predicted molar refractivity (Wildman–Crippen MR) is 68.6 cm³/mol. The van der Waals surface area contributed by atoms with Crippen LogP contribution in [0, 0.1) is 6.92 Å². The molecule has 0 radical (unpaired) electrons. The van der Waals surface area contributed by atoms with Gasteiger partial charge in [-0.05, 0) is 19.1 Å². The summed E-state index contributed by atoms with van der Waals surface area (Å²) in [7, 11) is 0. The Morgan fingerprint density at radius 1 is 1.21 bits per heavy atom.